The van der Waals surface area contributed by atoms with Crippen molar-refractivity contribution < 1.29 is 14.6 Å². The van der Waals surface area contributed by atoms with Crippen molar-refractivity contribution in [3.63, 3.8) is 0 Å². The molecule has 0 fully saturated rings. The van der Waals surface area contributed by atoms with Gasteiger partial charge in [0.1, 0.15) is 5.75 Å². The number of ether oxygens (including phenoxy) is 1. The number of aromatic carboxylic acids is 1. The molecule has 0 aliphatic heterocycles. The second-order valence-electron chi connectivity index (χ2n) is 4.85. The first-order valence-electron chi connectivity index (χ1n) is 6.42. The number of fused-ring (bicyclic) bond motifs is 1. The molecule has 108 valence electrons. The van der Waals surface area contributed by atoms with Crippen molar-refractivity contribution in [2.45, 2.75) is 0 Å². The van der Waals surface area contributed by atoms with Crippen LogP contribution in [0, 0.1) is 0 Å². The van der Waals surface area contributed by atoms with Crippen molar-refractivity contribution >= 4 is 16.9 Å². The summed E-state index contributed by atoms with van der Waals surface area (Å²) in [5.41, 5.74) is 2.68. The van der Waals surface area contributed by atoms with E-state index in [2.05, 4.69) is 5.10 Å². The minimum absolute atomic E-state index is 0.0346. The topological polar surface area (TPSA) is 69.3 Å². The van der Waals surface area contributed by atoms with E-state index in [1.165, 1.54) is 0 Å². The summed E-state index contributed by atoms with van der Waals surface area (Å²) in [6, 6.07) is 7.38. The number of hydrogen-bond donors (Lipinski definition) is 1. The highest BCUT2D eigenvalue weighted by atomic mass is 16.5. The predicted octanol–water partition coefficient (Wildman–Crippen LogP) is 2.29. The van der Waals surface area contributed by atoms with E-state index in [0.717, 1.165) is 27.9 Å². The van der Waals surface area contributed by atoms with E-state index in [4.69, 9.17) is 9.84 Å². The zero-order valence-electron chi connectivity index (χ0n) is 12.0. The van der Waals surface area contributed by atoms with Crippen molar-refractivity contribution in [2.75, 3.05) is 7.11 Å². The summed E-state index contributed by atoms with van der Waals surface area (Å²) in [6.45, 7) is 0. The highest BCUT2D eigenvalue weighted by molar-refractivity contribution is 5.99. The lowest BCUT2D eigenvalue weighted by molar-refractivity contribution is 0.0689. The number of carboxylic acids is 1. The van der Waals surface area contributed by atoms with Gasteiger partial charge in [-0.25, -0.2) is 4.79 Å². The Labute approximate surface area is 121 Å². The molecule has 0 amide bonds. The summed E-state index contributed by atoms with van der Waals surface area (Å²) in [7, 11) is 5.30. The summed E-state index contributed by atoms with van der Waals surface area (Å²) < 4.78 is 8.94. The predicted molar refractivity (Wildman–Crippen MR) is 78.6 cm³/mol. The normalized spacial score (nSPS) is 11.0. The van der Waals surface area contributed by atoms with Crippen LogP contribution in [0.3, 0.4) is 0 Å². The lowest BCUT2D eigenvalue weighted by Gasteiger charge is -2.04. The van der Waals surface area contributed by atoms with Gasteiger partial charge in [-0.15, -0.1) is 0 Å². The van der Waals surface area contributed by atoms with Crippen LogP contribution in [-0.4, -0.2) is 32.5 Å². The Morgan fingerprint density at radius 2 is 2.10 bits per heavy atom. The lowest BCUT2D eigenvalue weighted by Crippen LogP contribution is -1.99. The Bertz CT molecular complexity index is 845. The zero-order chi connectivity index (χ0) is 15.1. The standard InChI is InChI=1S/C15H15N3O3/c1-17-8-10(9-5-4-6-13(21-3)14(9)17)12-7-11(15(19)20)16-18(12)2/h4-8H,1-3H3,(H,19,20). The number of aromatic nitrogens is 3. The molecule has 2 heterocycles. The Kier molecular flexibility index (Phi) is 2.94. The summed E-state index contributed by atoms with van der Waals surface area (Å²) in [4.78, 5) is 11.1. The monoisotopic (exact) mass is 285 g/mol. The molecule has 0 saturated carbocycles. The number of aryl methyl sites for hydroxylation is 2. The molecule has 0 aliphatic carbocycles. The SMILES string of the molecule is COc1cccc2c(-c3cc(C(=O)O)nn3C)cn(C)c12. The van der Waals surface area contributed by atoms with Crippen molar-refractivity contribution in [2.24, 2.45) is 14.1 Å². The molecule has 6 heteroatoms. The maximum atomic E-state index is 11.1. The van der Waals surface area contributed by atoms with Crippen molar-refractivity contribution in [3.8, 4) is 17.0 Å². The molecule has 3 aromatic rings. The van der Waals surface area contributed by atoms with Gasteiger partial charge in [0.15, 0.2) is 5.69 Å². The fraction of sp³-hybridized carbons (Fsp3) is 0.200. The van der Waals surface area contributed by atoms with Crippen LogP contribution < -0.4 is 4.74 Å². The smallest absolute Gasteiger partial charge is 0.356 e. The molecule has 0 bridgehead atoms. The Morgan fingerprint density at radius 3 is 2.71 bits per heavy atom. The molecule has 21 heavy (non-hydrogen) atoms. The first-order chi connectivity index (χ1) is 10.0. The van der Waals surface area contributed by atoms with Crippen molar-refractivity contribution in [3.05, 3.63) is 36.2 Å². The first kappa shape index (κ1) is 13.2. The third-order valence-electron chi connectivity index (χ3n) is 3.56. The molecule has 0 aliphatic rings. The average molecular weight is 285 g/mol. The van der Waals surface area contributed by atoms with Crippen LogP contribution in [-0.2, 0) is 14.1 Å². The minimum Gasteiger partial charge on any atom is -0.495 e. The van der Waals surface area contributed by atoms with Crippen LogP contribution in [0.4, 0.5) is 0 Å². The van der Waals surface area contributed by atoms with E-state index in [0.29, 0.717) is 0 Å². The van der Waals surface area contributed by atoms with E-state index < -0.39 is 5.97 Å². The number of nitrogens with zero attached hydrogens (tertiary/aromatic N) is 3. The zero-order valence-corrected chi connectivity index (χ0v) is 12.0. The van der Waals surface area contributed by atoms with Crippen LogP contribution in [0.2, 0.25) is 0 Å². The molecule has 0 saturated heterocycles. The van der Waals surface area contributed by atoms with Crippen LogP contribution >= 0.6 is 0 Å². The first-order valence-corrected chi connectivity index (χ1v) is 6.42. The molecule has 2 aromatic heterocycles. The van der Waals surface area contributed by atoms with Crippen LogP contribution in [0.15, 0.2) is 30.5 Å². The number of benzene rings is 1. The van der Waals surface area contributed by atoms with Crippen molar-refractivity contribution in [1.29, 1.82) is 0 Å². The fourth-order valence-corrected chi connectivity index (χ4v) is 2.62. The lowest BCUT2D eigenvalue weighted by atomic mass is 10.1. The summed E-state index contributed by atoms with van der Waals surface area (Å²) in [5, 5.41) is 14.1. The maximum Gasteiger partial charge on any atom is 0.356 e. The third-order valence-corrected chi connectivity index (χ3v) is 3.56. The summed E-state index contributed by atoms with van der Waals surface area (Å²) in [6.07, 6.45) is 1.95. The summed E-state index contributed by atoms with van der Waals surface area (Å²) >= 11 is 0. The van der Waals surface area contributed by atoms with E-state index in [1.807, 2.05) is 36.0 Å². The number of carboxylic acid groups (broad SMARTS) is 1. The van der Waals surface area contributed by atoms with E-state index >= 15 is 0 Å². The van der Waals surface area contributed by atoms with Gasteiger partial charge in [0.2, 0.25) is 0 Å². The van der Waals surface area contributed by atoms with Crippen LogP contribution in [0.1, 0.15) is 10.5 Å². The van der Waals surface area contributed by atoms with E-state index in [9.17, 15) is 4.79 Å². The molecular formula is C15H15N3O3. The van der Waals surface area contributed by atoms with Gasteiger partial charge in [0.25, 0.3) is 0 Å². The summed E-state index contributed by atoms with van der Waals surface area (Å²) in [5.74, 6) is -0.253. The highest BCUT2D eigenvalue weighted by Crippen LogP contribution is 2.35. The second-order valence-corrected chi connectivity index (χ2v) is 4.85. The molecule has 0 unspecified atom stereocenters. The molecular weight excluding hydrogens is 270 g/mol. The largest absolute Gasteiger partial charge is 0.495 e. The van der Waals surface area contributed by atoms with Crippen molar-refractivity contribution in [1.82, 2.24) is 14.3 Å². The van der Waals surface area contributed by atoms with Gasteiger partial charge in [-0.3, -0.25) is 4.68 Å². The molecule has 1 aromatic carbocycles. The fourth-order valence-electron chi connectivity index (χ4n) is 2.62. The molecule has 1 N–H and O–H groups in total. The van der Waals surface area contributed by atoms with E-state index in [1.54, 1.807) is 24.9 Å². The molecule has 0 spiro atoms. The van der Waals surface area contributed by atoms with Gasteiger partial charge in [0, 0.05) is 31.2 Å². The maximum absolute atomic E-state index is 11.1. The number of carbonyl (C=O) groups is 1. The minimum atomic E-state index is -1.03. The number of hydrogen-bond acceptors (Lipinski definition) is 3. The quantitative estimate of drug-likeness (QED) is 0.801. The number of rotatable bonds is 3. The Morgan fingerprint density at radius 1 is 1.33 bits per heavy atom. The molecule has 3 rings (SSSR count). The third kappa shape index (κ3) is 1.96. The van der Waals surface area contributed by atoms with Gasteiger partial charge in [-0.05, 0) is 12.1 Å². The molecule has 6 nitrogen and oxygen atoms in total. The van der Waals surface area contributed by atoms with Gasteiger partial charge in [-0.1, -0.05) is 12.1 Å². The number of methoxy groups -OCH3 is 1. The van der Waals surface area contributed by atoms with Gasteiger partial charge >= 0.3 is 5.97 Å². The van der Waals surface area contributed by atoms with Crippen LogP contribution in [0.5, 0.6) is 5.75 Å². The van der Waals surface area contributed by atoms with Gasteiger partial charge < -0.3 is 14.4 Å². The highest BCUT2D eigenvalue weighted by Gasteiger charge is 2.18. The van der Waals surface area contributed by atoms with Crippen LogP contribution in [0.25, 0.3) is 22.2 Å². The molecule has 0 atom stereocenters. The molecule has 0 radical (unpaired) electrons. The average Bonchev–Trinajstić information content (AvgIpc) is 3.00. The number of para-hydroxylation sites is 1. The van der Waals surface area contributed by atoms with Gasteiger partial charge in [0.05, 0.1) is 18.3 Å². The van der Waals surface area contributed by atoms with Gasteiger partial charge in [-0.2, -0.15) is 5.10 Å². The van der Waals surface area contributed by atoms with E-state index in [-0.39, 0.29) is 5.69 Å². The second kappa shape index (κ2) is 4.66. The Balaban J connectivity index is 2.29. The Hall–Kier alpha value is -2.76.